The van der Waals surface area contributed by atoms with Crippen LogP contribution >= 0.6 is 0 Å². The van der Waals surface area contributed by atoms with E-state index in [2.05, 4.69) is 12.2 Å². The average molecular weight is 461 g/mol. The molecule has 1 aromatic heterocycles. The first-order valence-electron chi connectivity index (χ1n) is 12.7. The van der Waals surface area contributed by atoms with Crippen LogP contribution in [-0.2, 0) is 0 Å². The Morgan fingerprint density at radius 3 is 2.65 bits per heavy atom. The first kappa shape index (κ1) is 24.0. The monoisotopic (exact) mass is 460 g/mol. The zero-order chi connectivity index (χ0) is 24.1. The largest absolute Gasteiger partial charge is 0.335 e. The maximum absolute atomic E-state index is 13.7. The predicted molar refractivity (Wildman–Crippen MR) is 138 cm³/mol. The molecule has 1 atom stereocenters. The van der Waals surface area contributed by atoms with Gasteiger partial charge in [-0.2, -0.15) is 0 Å². The van der Waals surface area contributed by atoms with Crippen LogP contribution in [0.1, 0.15) is 76.2 Å². The molecule has 2 amide bonds. The number of fused-ring (bicyclic) bond motifs is 1. The summed E-state index contributed by atoms with van der Waals surface area (Å²) >= 11 is 0. The van der Waals surface area contributed by atoms with Crippen LogP contribution in [0.5, 0.6) is 0 Å². The van der Waals surface area contributed by atoms with Gasteiger partial charge in [0.2, 0.25) is 0 Å². The molecule has 34 heavy (non-hydrogen) atoms. The minimum atomic E-state index is -0.368. The molecule has 1 fully saturated rings. The molecule has 1 N–H and O–H groups in total. The fraction of sp³-hybridized carbons (Fsp3) is 0.464. The van der Waals surface area contributed by atoms with E-state index < -0.39 is 0 Å². The molecule has 6 heteroatoms. The van der Waals surface area contributed by atoms with Crippen molar-refractivity contribution in [1.29, 1.82) is 0 Å². The summed E-state index contributed by atoms with van der Waals surface area (Å²) in [6.07, 6.45) is 7.50. The second kappa shape index (κ2) is 10.9. The first-order chi connectivity index (χ1) is 16.5. The molecule has 1 aliphatic carbocycles. The van der Waals surface area contributed by atoms with Crippen molar-refractivity contribution in [2.24, 2.45) is 0 Å². The second-order valence-electron chi connectivity index (χ2n) is 9.47. The number of hydrogen-bond acceptors (Lipinski definition) is 3. The fourth-order valence-electron chi connectivity index (χ4n) is 4.89. The number of rotatable bonds is 7. The maximum atomic E-state index is 13.7. The SMILES string of the molecule is CCCCN(C(=O)NC1CCCCC1)C(C)c1nc2ccccc2c(=O)n1-c1cccc(C)c1. The second-order valence-corrected chi connectivity index (χ2v) is 9.47. The summed E-state index contributed by atoms with van der Waals surface area (Å²) in [4.78, 5) is 34.0. The van der Waals surface area contributed by atoms with Crippen molar-refractivity contribution >= 4 is 16.9 Å². The Hall–Kier alpha value is -3.15. The number of urea groups is 1. The van der Waals surface area contributed by atoms with Gasteiger partial charge in [0, 0.05) is 12.6 Å². The zero-order valence-electron chi connectivity index (χ0n) is 20.6. The van der Waals surface area contributed by atoms with E-state index in [0.29, 0.717) is 23.3 Å². The summed E-state index contributed by atoms with van der Waals surface area (Å²) in [5.41, 5.74) is 2.38. The Morgan fingerprint density at radius 2 is 1.91 bits per heavy atom. The van der Waals surface area contributed by atoms with E-state index in [0.717, 1.165) is 49.8 Å². The molecule has 2 aromatic carbocycles. The molecule has 1 heterocycles. The van der Waals surface area contributed by atoms with Crippen LogP contribution in [0.4, 0.5) is 4.79 Å². The molecule has 0 radical (unpaired) electrons. The van der Waals surface area contributed by atoms with Crippen molar-refractivity contribution < 1.29 is 4.79 Å². The van der Waals surface area contributed by atoms with Gasteiger partial charge in [-0.05, 0) is 62.9 Å². The average Bonchev–Trinajstić information content (AvgIpc) is 2.84. The minimum Gasteiger partial charge on any atom is -0.335 e. The van der Waals surface area contributed by atoms with Gasteiger partial charge in [0.1, 0.15) is 5.82 Å². The highest BCUT2D eigenvalue weighted by molar-refractivity contribution is 5.78. The number of amides is 2. The summed E-state index contributed by atoms with van der Waals surface area (Å²) in [6.45, 7) is 6.74. The van der Waals surface area contributed by atoms with E-state index in [1.807, 2.05) is 67.3 Å². The van der Waals surface area contributed by atoms with Gasteiger partial charge in [0.25, 0.3) is 5.56 Å². The Balaban J connectivity index is 1.79. The third-order valence-corrected chi connectivity index (χ3v) is 6.85. The van der Waals surface area contributed by atoms with Crippen molar-refractivity contribution in [3.05, 3.63) is 70.3 Å². The van der Waals surface area contributed by atoms with Gasteiger partial charge in [-0.3, -0.25) is 9.36 Å². The summed E-state index contributed by atoms with van der Waals surface area (Å²) < 4.78 is 1.69. The minimum absolute atomic E-state index is 0.0638. The van der Waals surface area contributed by atoms with E-state index in [4.69, 9.17) is 4.98 Å². The lowest BCUT2D eigenvalue weighted by atomic mass is 9.96. The molecule has 1 unspecified atom stereocenters. The number of benzene rings is 2. The molecule has 0 bridgehead atoms. The molecule has 1 aliphatic rings. The topological polar surface area (TPSA) is 67.2 Å². The van der Waals surface area contributed by atoms with E-state index in [9.17, 15) is 9.59 Å². The smallest absolute Gasteiger partial charge is 0.318 e. The lowest BCUT2D eigenvalue weighted by Gasteiger charge is -2.33. The van der Waals surface area contributed by atoms with Crippen LogP contribution in [0.3, 0.4) is 0 Å². The van der Waals surface area contributed by atoms with Crippen LogP contribution in [-0.4, -0.2) is 33.1 Å². The molecular formula is C28H36N4O2. The van der Waals surface area contributed by atoms with Crippen molar-refractivity contribution in [3.8, 4) is 5.69 Å². The molecule has 4 rings (SSSR count). The lowest BCUT2D eigenvalue weighted by Crippen LogP contribution is -2.47. The highest BCUT2D eigenvalue weighted by Gasteiger charge is 2.28. The van der Waals surface area contributed by atoms with Crippen molar-refractivity contribution in [1.82, 2.24) is 19.8 Å². The van der Waals surface area contributed by atoms with Gasteiger partial charge in [0.05, 0.1) is 22.6 Å². The molecule has 0 aliphatic heterocycles. The lowest BCUT2D eigenvalue weighted by molar-refractivity contribution is 0.167. The number of hydrogen-bond donors (Lipinski definition) is 1. The number of nitrogens with zero attached hydrogens (tertiary/aromatic N) is 3. The van der Waals surface area contributed by atoms with Gasteiger partial charge in [-0.15, -0.1) is 0 Å². The van der Waals surface area contributed by atoms with E-state index >= 15 is 0 Å². The fourth-order valence-corrected chi connectivity index (χ4v) is 4.89. The summed E-state index contributed by atoms with van der Waals surface area (Å²) in [6, 6.07) is 15.1. The molecule has 180 valence electrons. The molecule has 0 saturated heterocycles. The van der Waals surface area contributed by atoms with Crippen LogP contribution in [0.2, 0.25) is 0 Å². The maximum Gasteiger partial charge on any atom is 0.318 e. The number of unbranched alkanes of at least 4 members (excludes halogenated alkanes) is 1. The summed E-state index contributed by atoms with van der Waals surface area (Å²) in [7, 11) is 0. The zero-order valence-corrected chi connectivity index (χ0v) is 20.6. The van der Waals surface area contributed by atoms with Gasteiger partial charge in [-0.1, -0.05) is 56.9 Å². The molecule has 1 saturated carbocycles. The Morgan fingerprint density at radius 1 is 1.15 bits per heavy atom. The van der Waals surface area contributed by atoms with E-state index in [-0.39, 0.29) is 23.7 Å². The number of para-hydroxylation sites is 1. The van der Waals surface area contributed by atoms with Crippen molar-refractivity contribution in [2.45, 2.75) is 77.8 Å². The van der Waals surface area contributed by atoms with Crippen LogP contribution in [0, 0.1) is 6.92 Å². The van der Waals surface area contributed by atoms with Crippen LogP contribution in [0.25, 0.3) is 16.6 Å². The Bertz CT molecular complexity index is 1200. The van der Waals surface area contributed by atoms with E-state index in [1.165, 1.54) is 6.42 Å². The summed E-state index contributed by atoms with van der Waals surface area (Å²) in [5.74, 6) is 0.587. The van der Waals surface area contributed by atoms with Gasteiger partial charge in [0.15, 0.2) is 0 Å². The van der Waals surface area contributed by atoms with Gasteiger partial charge in [-0.25, -0.2) is 9.78 Å². The van der Waals surface area contributed by atoms with Gasteiger partial charge >= 0.3 is 6.03 Å². The highest BCUT2D eigenvalue weighted by atomic mass is 16.2. The van der Waals surface area contributed by atoms with Crippen molar-refractivity contribution in [2.75, 3.05) is 6.54 Å². The number of nitrogens with one attached hydrogen (secondary N) is 1. The third kappa shape index (κ3) is 5.16. The molecule has 3 aromatic rings. The number of carbonyl (C=O) groups excluding carboxylic acids is 1. The van der Waals surface area contributed by atoms with Crippen LogP contribution < -0.4 is 10.9 Å². The molecule has 0 spiro atoms. The number of aromatic nitrogens is 2. The van der Waals surface area contributed by atoms with E-state index in [1.54, 1.807) is 4.57 Å². The quantitative estimate of drug-likeness (QED) is 0.477. The Labute approximate surface area is 202 Å². The number of carbonyl (C=O) groups is 1. The van der Waals surface area contributed by atoms with Crippen LogP contribution in [0.15, 0.2) is 53.3 Å². The normalized spacial score (nSPS) is 15.3. The first-order valence-corrected chi connectivity index (χ1v) is 12.7. The molecular weight excluding hydrogens is 424 g/mol. The highest BCUT2D eigenvalue weighted by Crippen LogP contribution is 2.25. The molecule has 6 nitrogen and oxygen atoms in total. The summed E-state index contributed by atoms with van der Waals surface area (Å²) in [5, 5.41) is 3.85. The number of aryl methyl sites for hydroxylation is 1. The third-order valence-electron chi connectivity index (χ3n) is 6.85. The van der Waals surface area contributed by atoms with Crippen molar-refractivity contribution in [3.63, 3.8) is 0 Å². The van der Waals surface area contributed by atoms with Gasteiger partial charge < -0.3 is 10.2 Å². The Kier molecular flexibility index (Phi) is 7.66. The predicted octanol–water partition coefficient (Wildman–Crippen LogP) is 5.90. The standard InChI is InChI=1S/C28H36N4O2/c1-4-5-18-31(28(34)29-22-13-7-6-8-14-22)21(3)26-30-25-17-10-9-16-24(25)27(33)32(26)23-15-11-12-20(2)19-23/h9-12,15-17,19,21-22H,4-8,13-14,18H2,1-3H3,(H,29,34).